The van der Waals surface area contributed by atoms with Crippen molar-refractivity contribution >= 4 is 11.9 Å². The maximum atomic E-state index is 13.7. The number of urea groups is 1. The molecule has 17 heavy (non-hydrogen) atoms. The number of ether oxygens (including phenoxy) is 1. The lowest BCUT2D eigenvalue weighted by atomic mass is 10.1. The average Bonchev–Trinajstić information content (AvgIpc) is 2.57. The Morgan fingerprint density at radius 2 is 2.24 bits per heavy atom. The first-order valence-electron chi connectivity index (χ1n) is 5.23. The Morgan fingerprint density at radius 3 is 2.76 bits per heavy atom. The van der Waals surface area contributed by atoms with Crippen molar-refractivity contribution in [3.05, 3.63) is 0 Å². The standard InChI is InChI=1S/C9H13FN2O5/c10-6-7(15)4(3-13)17-8(6)12-2-1-5(14)11-9(12)16/h4,6-8,13,15H,1-3H2,(H,11,14,16)/t4-,6?,7-,8-/m1/s1. The number of aliphatic hydroxyl groups excluding tert-OH is 2. The lowest BCUT2D eigenvalue weighted by Crippen LogP contribution is -2.55. The fraction of sp³-hybridized carbons (Fsp3) is 0.778. The van der Waals surface area contributed by atoms with Gasteiger partial charge in [-0.1, -0.05) is 0 Å². The van der Waals surface area contributed by atoms with Crippen LogP contribution in [0.5, 0.6) is 0 Å². The highest BCUT2D eigenvalue weighted by Gasteiger charge is 2.48. The topological polar surface area (TPSA) is 99.1 Å². The van der Waals surface area contributed by atoms with Crippen LogP contribution in [0, 0.1) is 0 Å². The van der Waals surface area contributed by atoms with Gasteiger partial charge in [0, 0.05) is 13.0 Å². The number of carbonyl (C=O) groups is 2. The summed E-state index contributed by atoms with van der Waals surface area (Å²) in [5.74, 6) is -0.432. The Morgan fingerprint density at radius 1 is 1.53 bits per heavy atom. The lowest BCUT2D eigenvalue weighted by molar-refractivity contribution is -0.124. The SMILES string of the molecule is O=C1CCN([C@@H]2O[C@H](CO)[C@@H](O)C2F)C(=O)N1. The predicted octanol–water partition coefficient (Wildman–Crippen LogP) is -1.66. The Kier molecular flexibility index (Phi) is 3.27. The van der Waals surface area contributed by atoms with E-state index < -0.39 is 43.2 Å². The zero-order valence-electron chi connectivity index (χ0n) is 8.88. The Bertz CT molecular complexity index is 339. The van der Waals surface area contributed by atoms with Gasteiger partial charge in [0.25, 0.3) is 0 Å². The van der Waals surface area contributed by atoms with Crippen LogP contribution >= 0.6 is 0 Å². The second kappa shape index (κ2) is 4.55. The molecule has 0 aromatic heterocycles. The van der Waals surface area contributed by atoms with Crippen molar-refractivity contribution < 1.29 is 28.9 Å². The summed E-state index contributed by atoms with van der Waals surface area (Å²) in [5.41, 5.74) is 0. The average molecular weight is 248 g/mol. The summed E-state index contributed by atoms with van der Waals surface area (Å²) >= 11 is 0. The van der Waals surface area contributed by atoms with Crippen LogP contribution in [-0.4, -0.2) is 64.8 Å². The summed E-state index contributed by atoms with van der Waals surface area (Å²) in [5, 5.41) is 20.3. The van der Waals surface area contributed by atoms with Crippen molar-refractivity contribution in [3.63, 3.8) is 0 Å². The molecular weight excluding hydrogens is 235 g/mol. The van der Waals surface area contributed by atoms with Crippen molar-refractivity contribution in [2.24, 2.45) is 0 Å². The van der Waals surface area contributed by atoms with Crippen LogP contribution in [-0.2, 0) is 9.53 Å². The highest BCUT2D eigenvalue weighted by molar-refractivity contribution is 5.96. The van der Waals surface area contributed by atoms with E-state index in [1.165, 1.54) is 0 Å². The van der Waals surface area contributed by atoms with Gasteiger partial charge in [-0.25, -0.2) is 9.18 Å². The van der Waals surface area contributed by atoms with E-state index >= 15 is 0 Å². The summed E-state index contributed by atoms with van der Waals surface area (Å²) in [6.45, 7) is -0.507. The van der Waals surface area contributed by atoms with Gasteiger partial charge >= 0.3 is 6.03 Å². The summed E-state index contributed by atoms with van der Waals surface area (Å²) in [7, 11) is 0. The van der Waals surface area contributed by atoms with Gasteiger partial charge in [0.2, 0.25) is 5.91 Å². The number of nitrogens with zero attached hydrogens (tertiary/aromatic N) is 1. The molecule has 0 aliphatic carbocycles. The molecular formula is C9H13FN2O5. The fourth-order valence-corrected chi connectivity index (χ4v) is 1.92. The van der Waals surface area contributed by atoms with Gasteiger partial charge in [-0.2, -0.15) is 0 Å². The molecule has 3 N–H and O–H groups in total. The number of hydrogen-bond acceptors (Lipinski definition) is 5. The molecule has 0 radical (unpaired) electrons. The number of nitrogens with one attached hydrogen (secondary N) is 1. The van der Waals surface area contributed by atoms with Gasteiger partial charge in [0.05, 0.1) is 6.61 Å². The van der Waals surface area contributed by atoms with Gasteiger partial charge < -0.3 is 14.9 Å². The van der Waals surface area contributed by atoms with Crippen LogP contribution in [0.25, 0.3) is 0 Å². The molecule has 0 aromatic carbocycles. The first-order chi connectivity index (χ1) is 8.04. The van der Waals surface area contributed by atoms with Crippen LogP contribution < -0.4 is 5.32 Å². The molecule has 2 heterocycles. The molecule has 7 nitrogen and oxygen atoms in total. The van der Waals surface area contributed by atoms with E-state index in [1.54, 1.807) is 0 Å². The third kappa shape index (κ3) is 2.11. The molecule has 2 fully saturated rings. The van der Waals surface area contributed by atoms with Gasteiger partial charge in [0.1, 0.15) is 12.2 Å². The molecule has 2 rings (SSSR count). The quantitative estimate of drug-likeness (QED) is 0.543. The number of hydrogen-bond donors (Lipinski definition) is 3. The van der Waals surface area contributed by atoms with Crippen molar-refractivity contribution in [1.82, 2.24) is 10.2 Å². The van der Waals surface area contributed by atoms with E-state index in [2.05, 4.69) is 0 Å². The van der Waals surface area contributed by atoms with Crippen LogP contribution in [0.15, 0.2) is 0 Å². The second-order valence-corrected chi connectivity index (χ2v) is 3.98. The molecule has 2 saturated heterocycles. The summed E-state index contributed by atoms with van der Waals surface area (Å²) < 4.78 is 18.7. The molecule has 4 atom stereocenters. The largest absolute Gasteiger partial charge is 0.394 e. The van der Waals surface area contributed by atoms with Gasteiger partial charge in [-0.3, -0.25) is 15.0 Å². The number of carbonyl (C=O) groups excluding carboxylic acids is 2. The maximum absolute atomic E-state index is 13.7. The van der Waals surface area contributed by atoms with E-state index in [4.69, 9.17) is 9.84 Å². The fourth-order valence-electron chi connectivity index (χ4n) is 1.92. The van der Waals surface area contributed by atoms with E-state index in [0.717, 1.165) is 4.90 Å². The molecule has 8 heteroatoms. The molecule has 3 amide bonds. The monoisotopic (exact) mass is 248 g/mol. The molecule has 0 aromatic rings. The smallest absolute Gasteiger partial charge is 0.326 e. The van der Waals surface area contributed by atoms with Crippen LogP contribution in [0.4, 0.5) is 9.18 Å². The molecule has 1 unspecified atom stereocenters. The minimum absolute atomic E-state index is 0.0284. The second-order valence-electron chi connectivity index (χ2n) is 3.98. The zero-order valence-corrected chi connectivity index (χ0v) is 8.88. The third-order valence-electron chi connectivity index (χ3n) is 2.87. The number of aliphatic hydroxyl groups is 2. The molecule has 2 aliphatic rings. The number of rotatable bonds is 2. The highest BCUT2D eigenvalue weighted by Crippen LogP contribution is 2.27. The van der Waals surface area contributed by atoms with Crippen molar-refractivity contribution in [3.8, 4) is 0 Å². The van der Waals surface area contributed by atoms with E-state index in [1.807, 2.05) is 5.32 Å². The number of imide groups is 1. The minimum Gasteiger partial charge on any atom is -0.394 e. The van der Waals surface area contributed by atoms with Crippen molar-refractivity contribution in [2.45, 2.75) is 31.0 Å². The van der Waals surface area contributed by atoms with E-state index in [0.29, 0.717) is 0 Å². The Balaban J connectivity index is 2.08. The number of amides is 3. The first kappa shape index (κ1) is 12.2. The van der Waals surface area contributed by atoms with Crippen LogP contribution in [0.3, 0.4) is 0 Å². The van der Waals surface area contributed by atoms with Gasteiger partial charge in [-0.15, -0.1) is 0 Å². The summed E-state index contributed by atoms with van der Waals surface area (Å²) in [4.78, 5) is 23.4. The zero-order chi connectivity index (χ0) is 12.6. The third-order valence-corrected chi connectivity index (χ3v) is 2.87. The molecule has 0 bridgehead atoms. The Hall–Kier alpha value is -1.25. The van der Waals surface area contributed by atoms with Crippen molar-refractivity contribution in [1.29, 1.82) is 0 Å². The molecule has 2 aliphatic heterocycles. The maximum Gasteiger partial charge on any atom is 0.326 e. The number of alkyl halides is 1. The van der Waals surface area contributed by atoms with Gasteiger partial charge in [-0.05, 0) is 0 Å². The molecule has 0 saturated carbocycles. The van der Waals surface area contributed by atoms with Crippen LogP contribution in [0.2, 0.25) is 0 Å². The van der Waals surface area contributed by atoms with Crippen LogP contribution in [0.1, 0.15) is 6.42 Å². The van der Waals surface area contributed by atoms with E-state index in [9.17, 15) is 19.1 Å². The normalized spacial score (nSPS) is 38.4. The lowest BCUT2D eigenvalue weighted by Gasteiger charge is -2.32. The predicted molar refractivity (Wildman–Crippen MR) is 51.5 cm³/mol. The summed E-state index contributed by atoms with van der Waals surface area (Å²) in [6, 6.07) is -0.750. The highest BCUT2D eigenvalue weighted by atomic mass is 19.1. The molecule has 0 spiro atoms. The number of halogens is 1. The minimum atomic E-state index is -1.80. The van der Waals surface area contributed by atoms with Crippen molar-refractivity contribution in [2.75, 3.05) is 13.2 Å². The van der Waals surface area contributed by atoms with E-state index in [-0.39, 0.29) is 13.0 Å². The van der Waals surface area contributed by atoms with Gasteiger partial charge in [0.15, 0.2) is 12.4 Å². The summed E-state index contributed by atoms with van der Waals surface area (Å²) in [6.07, 6.45) is -5.55. The first-order valence-corrected chi connectivity index (χ1v) is 5.23. The Labute approximate surface area is 96.1 Å². The molecule has 96 valence electrons.